The maximum atomic E-state index is 12.2. The molecule has 0 saturated heterocycles. The summed E-state index contributed by atoms with van der Waals surface area (Å²) in [5.41, 5.74) is 0.842. The molecule has 1 N–H and O–H groups in total. The van der Waals surface area contributed by atoms with Crippen molar-refractivity contribution in [2.24, 2.45) is 0 Å². The van der Waals surface area contributed by atoms with Crippen LogP contribution in [0.5, 0.6) is 11.5 Å². The summed E-state index contributed by atoms with van der Waals surface area (Å²) in [5, 5.41) is 12.6. The SMILES string of the molecule is COc1cc(OC2CCC(NC(=O)c3ccc(Cl)cn3)CC2)ccc1C#N. The van der Waals surface area contributed by atoms with Crippen LogP contribution in [-0.4, -0.2) is 30.1 Å². The molecule has 0 unspecified atom stereocenters. The third-order valence-electron chi connectivity index (χ3n) is 4.57. The number of aromatic nitrogens is 1. The van der Waals surface area contributed by atoms with E-state index in [9.17, 15) is 4.79 Å². The van der Waals surface area contributed by atoms with Gasteiger partial charge in [-0.3, -0.25) is 4.79 Å². The van der Waals surface area contributed by atoms with E-state index in [-0.39, 0.29) is 18.1 Å². The Morgan fingerprint density at radius 2 is 2.04 bits per heavy atom. The Balaban J connectivity index is 1.51. The molecule has 0 aliphatic heterocycles. The zero-order valence-electron chi connectivity index (χ0n) is 14.9. The van der Waals surface area contributed by atoms with Gasteiger partial charge in [0.2, 0.25) is 0 Å². The van der Waals surface area contributed by atoms with Crippen molar-refractivity contribution in [1.29, 1.82) is 5.26 Å². The highest BCUT2D eigenvalue weighted by atomic mass is 35.5. The van der Waals surface area contributed by atoms with E-state index in [1.54, 1.807) is 30.3 Å². The standard InChI is InChI=1S/C20H20ClN3O3/c1-26-19-10-17(6-2-13(19)11-22)27-16-7-4-15(5-8-16)24-20(25)18-9-3-14(21)12-23-18/h2-3,6,9-10,12,15-16H,4-5,7-8H2,1H3,(H,24,25). The number of carbonyl (C=O) groups is 1. The number of nitrogens with one attached hydrogen (secondary N) is 1. The van der Waals surface area contributed by atoms with Crippen LogP contribution >= 0.6 is 11.6 Å². The monoisotopic (exact) mass is 385 g/mol. The van der Waals surface area contributed by atoms with Crippen molar-refractivity contribution in [2.75, 3.05) is 7.11 Å². The second-order valence-corrected chi connectivity index (χ2v) is 6.84. The van der Waals surface area contributed by atoms with Crippen molar-refractivity contribution in [2.45, 2.75) is 37.8 Å². The molecule has 3 rings (SSSR count). The number of halogens is 1. The molecule has 0 bridgehead atoms. The van der Waals surface area contributed by atoms with Crippen LogP contribution in [-0.2, 0) is 0 Å². The number of ether oxygens (including phenoxy) is 2. The van der Waals surface area contributed by atoms with Crippen molar-refractivity contribution in [3.05, 3.63) is 52.8 Å². The minimum Gasteiger partial charge on any atom is -0.495 e. The van der Waals surface area contributed by atoms with Gasteiger partial charge in [-0.25, -0.2) is 4.98 Å². The van der Waals surface area contributed by atoms with E-state index in [0.717, 1.165) is 25.7 Å². The largest absolute Gasteiger partial charge is 0.495 e. The first-order valence-corrected chi connectivity index (χ1v) is 9.14. The molecule has 1 fully saturated rings. The number of methoxy groups -OCH3 is 1. The Morgan fingerprint density at radius 3 is 2.67 bits per heavy atom. The topological polar surface area (TPSA) is 84.2 Å². The first kappa shape index (κ1) is 19.0. The van der Waals surface area contributed by atoms with Crippen molar-refractivity contribution in [1.82, 2.24) is 10.3 Å². The Labute approximate surface area is 163 Å². The first-order valence-electron chi connectivity index (χ1n) is 8.76. The van der Waals surface area contributed by atoms with E-state index >= 15 is 0 Å². The van der Waals surface area contributed by atoms with Crippen molar-refractivity contribution in [3.63, 3.8) is 0 Å². The second-order valence-electron chi connectivity index (χ2n) is 6.40. The van der Waals surface area contributed by atoms with Crippen LogP contribution < -0.4 is 14.8 Å². The number of carbonyl (C=O) groups excluding carboxylic acids is 1. The van der Waals surface area contributed by atoms with Gasteiger partial charge in [-0.2, -0.15) is 5.26 Å². The van der Waals surface area contributed by atoms with Gasteiger partial charge in [0.1, 0.15) is 23.3 Å². The van der Waals surface area contributed by atoms with Gasteiger partial charge in [0, 0.05) is 18.3 Å². The maximum Gasteiger partial charge on any atom is 0.270 e. The van der Waals surface area contributed by atoms with E-state index in [2.05, 4.69) is 16.4 Å². The number of nitriles is 1. The predicted molar refractivity (Wildman–Crippen MR) is 101 cm³/mol. The minimum absolute atomic E-state index is 0.0736. The number of amides is 1. The number of rotatable bonds is 5. The quantitative estimate of drug-likeness (QED) is 0.847. The molecule has 1 aliphatic carbocycles. The van der Waals surface area contributed by atoms with Crippen LogP contribution in [0.25, 0.3) is 0 Å². The summed E-state index contributed by atoms with van der Waals surface area (Å²) in [5.74, 6) is 1.00. The Hall–Kier alpha value is -2.78. The molecule has 1 amide bonds. The lowest BCUT2D eigenvalue weighted by Crippen LogP contribution is -2.40. The Morgan fingerprint density at radius 1 is 1.26 bits per heavy atom. The average Bonchev–Trinajstić information content (AvgIpc) is 2.69. The van der Waals surface area contributed by atoms with Crippen LogP contribution in [0.15, 0.2) is 36.5 Å². The fraction of sp³-hybridized carbons (Fsp3) is 0.350. The molecular formula is C20H20ClN3O3. The average molecular weight is 386 g/mol. The molecule has 1 saturated carbocycles. The molecule has 1 aromatic heterocycles. The summed E-state index contributed by atoms with van der Waals surface area (Å²) in [6.45, 7) is 0. The van der Waals surface area contributed by atoms with Crippen LogP contribution in [0, 0.1) is 11.3 Å². The van der Waals surface area contributed by atoms with Crippen molar-refractivity contribution in [3.8, 4) is 17.6 Å². The van der Waals surface area contributed by atoms with Crippen molar-refractivity contribution >= 4 is 17.5 Å². The fourth-order valence-electron chi connectivity index (χ4n) is 3.12. The third-order valence-corrected chi connectivity index (χ3v) is 4.79. The van der Waals surface area contributed by atoms with Gasteiger partial charge >= 0.3 is 0 Å². The first-order chi connectivity index (χ1) is 13.1. The molecular weight excluding hydrogens is 366 g/mol. The Kier molecular flexibility index (Phi) is 6.15. The summed E-state index contributed by atoms with van der Waals surface area (Å²) in [7, 11) is 1.53. The normalized spacial score (nSPS) is 19.0. The van der Waals surface area contributed by atoms with Crippen LogP contribution in [0.4, 0.5) is 0 Å². The summed E-state index contributed by atoms with van der Waals surface area (Å²) < 4.78 is 11.2. The lowest BCUT2D eigenvalue weighted by atomic mass is 9.92. The summed E-state index contributed by atoms with van der Waals surface area (Å²) in [4.78, 5) is 16.3. The lowest BCUT2D eigenvalue weighted by molar-refractivity contribution is 0.0889. The van der Waals surface area contributed by atoms with E-state index in [1.165, 1.54) is 13.3 Å². The highest BCUT2D eigenvalue weighted by molar-refractivity contribution is 6.30. The number of pyridine rings is 1. The highest BCUT2D eigenvalue weighted by Gasteiger charge is 2.24. The van der Waals surface area contributed by atoms with E-state index < -0.39 is 0 Å². The molecule has 0 atom stereocenters. The van der Waals surface area contributed by atoms with Gasteiger partial charge in [0.25, 0.3) is 5.91 Å². The van der Waals surface area contributed by atoms with Gasteiger partial charge in [0.15, 0.2) is 0 Å². The van der Waals surface area contributed by atoms with Gasteiger partial charge in [-0.15, -0.1) is 0 Å². The van der Waals surface area contributed by atoms with Crippen LogP contribution in [0.1, 0.15) is 41.7 Å². The number of nitrogens with zero attached hydrogens (tertiary/aromatic N) is 2. The number of benzene rings is 1. The lowest BCUT2D eigenvalue weighted by Gasteiger charge is -2.29. The molecule has 2 aromatic rings. The molecule has 1 aliphatic rings. The molecule has 7 heteroatoms. The Bertz CT molecular complexity index is 841. The van der Waals surface area contributed by atoms with Crippen LogP contribution in [0.2, 0.25) is 5.02 Å². The minimum atomic E-state index is -0.187. The van der Waals surface area contributed by atoms with Gasteiger partial charge in [-0.1, -0.05) is 11.6 Å². The summed E-state index contributed by atoms with van der Waals surface area (Å²) in [6.07, 6.45) is 4.87. The molecule has 27 heavy (non-hydrogen) atoms. The smallest absolute Gasteiger partial charge is 0.270 e. The predicted octanol–water partition coefficient (Wildman–Crippen LogP) is 3.74. The van der Waals surface area contributed by atoms with E-state index in [4.69, 9.17) is 26.3 Å². The molecule has 1 aromatic carbocycles. The van der Waals surface area contributed by atoms with E-state index in [0.29, 0.717) is 27.8 Å². The van der Waals surface area contributed by atoms with Crippen molar-refractivity contribution < 1.29 is 14.3 Å². The molecule has 1 heterocycles. The fourth-order valence-corrected chi connectivity index (χ4v) is 3.24. The number of hydrogen-bond donors (Lipinski definition) is 1. The van der Waals surface area contributed by atoms with Crippen LogP contribution in [0.3, 0.4) is 0 Å². The summed E-state index contributed by atoms with van der Waals surface area (Å²) >= 11 is 5.79. The number of hydrogen-bond acceptors (Lipinski definition) is 5. The maximum absolute atomic E-state index is 12.2. The van der Waals surface area contributed by atoms with E-state index in [1.807, 2.05) is 0 Å². The summed E-state index contributed by atoms with van der Waals surface area (Å²) in [6, 6.07) is 10.7. The zero-order chi connectivity index (χ0) is 19.2. The third kappa shape index (κ3) is 4.89. The van der Waals surface area contributed by atoms with Gasteiger partial charge < -0.3 is 14.8 Å². The zero-order valence-corrected chi connectivity index (χ0v) is 15.7. The van der Waals surface area contributed by atoms with Gasteiger partial charge in [-0.05, 0) is 49.9 Å². The molecule has 140 valence electrons. The molecule has 6 nitrogen and oxygen atoms in total. The van der Waals surface area contributed by atoms with Gasteiger partial charge in [0.05, 0.1) is 23.8 Å². The molecule has 0 spiro atoms. The second kappa shape index (κ2) is 8.74. The molecule has 0 radical (unpaired) electrons. The highest BCUT2D eigenvalue weighted by Crippen LogP contribution is 2.28.